The van der Waals surface area contributed by atoms with Crippen molar-refractivity contribution < 1.29 is 4.79 Å². The van der Waals surface area contributed by atoms with Crippen molar-refractivity contribution in [1.82, 2.24) is 10.2 Å². The molecule has 1 aliphatic heterocycles. The van der Waals surface area contributed by atoms with Crippen LogP contribution in [0.5, 0.6) is 0 Å². The topological polar surface area (TPSA) is 44.4 Å². The first-order chi connectivity index (χ1) is 10.1. The number of nitrogens with one attached hydrogen (secondary N) is 2. The van der Waals surface area contributed by atoms with Gasteiger partial charge in [0.25, 0.3) is 5.91 Å². The predicted molar refractivity (Wildman–Crippen MR) is 87.9 cm³/mol. The Labute approximate surface area is 127 Å². The van der Waals surface area contributed by atoms with E-state index < -0.39 is 0 Å². The lowest BCUT2D eigenvalue weighted by Crippen LogP contribution is -2.34. The summed E-state index contributed by atoms with van der Waals surface area (Å²) in [6, 6.07) is 5.91. The maximum Gasteiger partial charge on any atom is 0.253 e. The first kappa shape index (κ1) is 15.8. The van der Waals surface area contributed by atoms with Gasteiger partial charge in [0.2, 0.25) is 0 Å². The van der Waals surface area contributed by atoms with Gasteiger partial charge in [-0.05, 0) is 57.8 Å². The van der Waals surface area contributed by atoms with Gasteiger partial charge < -0.3 is 15.5 Å². The Bertz CT molecular complexity index is 487. The van der Waals surface area contributed by atoms with E-state index in [-0.39, 0.29) is 5.91 Å². The van der Waals surface area contributed by atoms with Crippen molar-refractivity contribution in [2.45, 2.75) is 26.2 Å². The summed E-state index contributed by atoms with van der Waals surface area (Å²) in [5.74, 6) is 0.734. The van der Waals surface area contributed by atoms with Crippen LogP contribution in [0.4, 0.5) is 5.69 Å². The molecule has 1 saturated heterocycles. The number of aryl methyl sites for hydroxylation is 1. The Balaban J connectivity index is 1.85. The van der Waals surface area contributed by atoms with Crippen LogP contribution in [0.15, 0.2) is 18.2 Å². The van der Waals surface area contributed by atoms with Crippen LogP contribution in [0.2, 0.25) is 0 Å². The van der Waals surface area contributed by atoms with Crippen molar-refractivity contribution in [2.75, 3.05) is 39.0 Å². The number of benzene rings is 1. The molecule has 1 aliphatic rings. The van der Waals surface area contributed by atoms with Gasteiger partial charge in [0.1, 0.15) is 0 Å². The van der Waals surface area contributed by atoms with Crippen molar-refractivity contribution in [2.24, 2.45) is 5.92 Å². The Morgan fingerprint density at radius 1 is 1.43 bits per heavy atom. The lowest BCUT2D eigenvalue weighted by molar-refractivity contribution is 0.0949. The fraction of sp³-hybridized carbons (Fsp3) is 0.588. The molecule has 1 atom stereocenters. The highest BCUT2D eigenvalue weighted by molar-refractivity contribution is 5.99. The molecule has 2 rings (SSSR count). The molecule has 4 heteroatoms. The van der Waals surface area contributed by atoms with E-state index in [2.05, 4.69) is 22.6 Å². The Morgan fingerprint density at radius 2 is 2.24 bits per heavy atom. The van der Waals surface area contributed by atoms with Gasteiger partial charge in [0.15, 0.2) is 0 Å². The summed E-state index contributed by atoms with van der Waals surface area (Å²) in [6.45, 7) is 5.13. The highest BCUT2D eigenvalue weighted by atomic mass is 16.1. The minimum Gasteiger partial charge on any atom is -0.387 e. The van der Waals surface area contributed by atoms with Crippen molar-refractivity contribution in [3.63, 3.8) is 0 Å². The second-order valence-electron chi connectivity index (χ2n) is 6.11. The van der Waals surface area contributed by atoms with Gasteiger partial charge in [-0.25, -0.2) is 0 Å². The second-order valence-corrected chi connectivity index (χ2v) is 6.11. The first-order valence-corrected chi connectivity index (χ1v) is 7.85. The molecular formula is C17H27N3O. The van der Waals surface area contributed by atoms with Gasteiger partial charge in [0, 0.05) is 25.8 Å². The van der Waals surface area contributed by atoms with E-state index in [1.807, 2.05) is 32.2 Å². The van der Waals surface area contributed by atoms with E-state index in [9.17, 15) is 4.79 Å². The molecule has 2 N–H and O–H groups in total. The molecule has 1 fully saturated rings. The molecule has 0 spiro atoms. The van der Waals surface area contributed by atoms with Crippen LogP contribution in [-0.4, -0.2) is 44.5 Å². The largest absolute Gasteiger partial charge is 0.387 e. The van der Waals surface area contributed by atoms with Gasteiger partial charge in [-0.1, -0.05) is 11.6 Å². The summed E-state index contributed by atoms with van der Waals surface area (Å²) in [4.78, 5) is 14.7. The molecule has 1 aromatic rings. The highest BCUT2D eigenvalue weighted by Gasteiger charge is 2.17. The monoisotopic (exact) mass is 289 g/mol. The molecule has 0 aromatic heterocycles. The molecule has 1 aromatic carbocycles. The zero-order valence-corrected chi connectivity index (χ0v) is 13.4. The van der Waals surface area contributed by atoms with Crippen molar-refractivity contribution in [3.05, 3.63) is 29.3 Å². The number of carbonyl (C=O) groups is 1. The quantitative estimate of drug-likeness (QED) is 0.875. The number of likely N-dealkylation sites (tertiary alicyclic amines) is 1. The summed E-state index contributed by atoms with van der Waals surface area (Å²) < 4.78 is 0. The number of carbonyl (C=O) groups excluding carboxylic acids is 1. The van der Waals surface area contributed by atoms with E-state index >= 15 is 0 Å². The van der Waals surface area contributed by atoms with E-state index in [1.54, 1.807) is 0 Å². The molecule has 116 valence electrons. The highest BCUT2D eigenvalue weighted by Crippen LogP contribution is 2.19. The minimum absolute atomic E-state index is 0.0206. The Morgan fingerprint density at radius 3 is 2.95 bits per heavy atom. The molecule has 0 aliphatic carbocycles. The van der Waals surface area contributed by atoms with Crippen LogP contribution < -0.4 is 10.6 Å². The van der Waals surface area contributed by atoms with E-state index in [0.29, 0.717) is 5.92 Å². The molecule has 1 heterocycles. The summed E-state index contributed by atoms with van der Waals surface area (Å²) in [5.41, 5.74) is 2.72. The minimum atomic E-state index is 0.0206. The number of rotatable bonds is 5. The Hall–Kier alpha value is -1.55. The van der Waals surface area contributed by atoms with E-state index in [0.717, 1.165) is 36.3 Å². The lowest BCUT2D eigenvalue weighted by Gasteiger charge is -2.29. The summed E-state index contributed by atoms with van der Waals surface area (Å²) in [6.07, 6.45) is 3.63. The molecule has 21 heavy (non-hydrogen) atoms. The number of amides is 1. The molecule has 1 amide bonds. The number of nitrogens with zero attached hydrogens (tertiary/aromatic N) is 1. The third kappa shape index (κ3) is 4.46. The molecule has 0 unspecified atom stereocenters. The van der Waals surface area contributed by atoms with E-state index in [1.165, 1.54) is 19.4 Å². The number of hydrogen-bond donors (Lipinski definition) is 2. The van der Waals surface area contributed by atoms with Crippen molar-refractivity contribution in [1.29, 1.82) is 0 Å². The zero-order valence-electron chi connectivity index (χ0n) is 13.4. The lowest BCUT2D eigenvalue weighted by atomic mass is 9.95. The van der Waals surface area contributed by atoms with Gasteiger partial charge >= 0.3 is 0 Å². The van der Waals surface area contributed by atoms with Gasteiger partial charge in [-0.3, -0.25) is 4.79 Å². The average molecular weight is 289 g/mol. The third-order valence-corrected chi connectivity index (χ3v) is 4.25. The van der Waals surface area contributed by atoms with Crippen LogP contribution in [0.1, 0.15) is 35.2 Å². The van der Waals surface area contributed by atoms with Gasteiger partial charge in [0.05, 0.1) is 5.56 Å². The summed E-state index contributed by atoms with van der Waals surface area (Å²) in [5, 5.41) is 6.15. The molecular weight excluding hydrogens is 262 g/mol. The predicted octanol–water partition coefficient (Wildman–Crippen LogP) is 2.50. The number of anilines is 1. The van der Waals surface area contributed by atoms with Crippen LogP contribution >= 0.6 is 0 Å². The second kappa shape index (κ2) is 7.46. The normalized spacial score (nSPS) is 19.3. The average Bonchev–Trinajstić information content (AvgIpc) is 2.47. The fourth-order valence-corrected chi connectivity index (χ4v) is 3.06. The van der Waals surface area contributed by atoms with Crippen molar-refractivity contribution >= 4 is 11.6 Å². The maximum absolute atomic E-state index is 12.3. The summed E-state index contributed by atoms with van der Waals surface area (Å²) >= 11 is 0. The number of piperidine rings is 1. The SMILES string of the molecule is CNc1ccc(C)cc1C(=O)NCC[C@@H]1CCCN(C)C1. The van der Waals surface area contributed by atoms with Crippen molar-refractivity contribution in [3.8, 4) is 0 Å². The van der Waals surface area contributed by atoms with E-state index in [4.69, 9.17) is 0 Å². The van der Waals surface area contributed by atoms with Crippen LogP contribution in [0.3, 0.4) is 0 Å². The fourth-order valence-electron chi connectivity index (χ4n) is 3.06. The molecule has 0 saturated carbocycles. The number of hydrogen-bond acceptors (Lipinski definition) is 3. The van der Waals surface area contributed by atoms with Gasteiger partial charge in [-0.2, -0.15) is 0 Å². The molecule has 4 nitrogen and oxygen atoms in total. The van der Waals surface area contributed by atoms with Crippen LogP contribution in [0, 0.1) is 12.8 Å². The van der Waals surface area contributed by atoms with Crippen LogP contribution in [0.25, 0.3) is 0 Å². The standard InChI is InChI=1S/C17H27N3O/c1-13-6-7-16(18-2)15(11-13)17(21)19-9-8-14-5-4-10-20(3)12-14/h6-7,11,14,18H,4-5,8-10,12H2,1-3H3,(H,19,21)/t14-/m0/s1. The third-order valence-electron chi connectivity index (χ3n) is 4.25. The smallest absolute Gasteiger partial charge is 0.253 e. The Kier molecular flexibility index (Phi) is 5.62. The summed E-state index contributed by atoms with van der Waals surface area (Å²) in [7, 11) is 4.02. The van der Waals surface area contributed by atoms with Gasteiger partial charge in [-0.15, -0.1) is 0 Å². The molecule has 0 radical (unpaired) electrons. The zero-order chi connectivity index (χ0) is 15.2. The maximum atomic E-state index is 12.3. The molecule has 0 bridgehead atoms. The van der Waals surface area contributed by atoms with Crippen LogP contribution in [-0.2, 0) is 0 Å². The first-order valence-electron chi connectivity index (χ1n) is 7.85.